The van der Waals surface area contributed by atoms with Gasteiger partial charge in [-0.15, -0.1) is 0 Å². The lowest BCUT2D eigenvalue weighted by atomic mass is 9.82. The summed E-state index contributed by atoms with van der Waals surface area (Å²) in [4.78, 5) is 15.7. The second-order valence-electron chi connectivity index (χ2n) is 15.9. The third-order valence-electron chi connectivity index (χ3n) is 12.3. The summed E-state index contributed by atoms with van der Waals surface area (Å²) in [6.07, 6.45) is 0. The fourth-order valence-corrected chi connectivity index (χ4v) is 9.46. The normalized spacial score (nSPS) is 13.1. The van der Waals surface area contributed by atoms with E-state index in [1.54, 1.807) is 0 Å². The first-order chi connectivity index (χ1) is 28.5. The highest BCUT2D eigenvalue weighted by Gasteiger charge is 2.35. The van der Waals surface area contributed by atoms with Crippen molar-refractivity contribution in [3.63, 3.8) is 0 Å². The van der Waals surface area contributed by atoms with Crippen LogP contribution in [0.5, 0.6) is 0 Å². The van der Waals surface area contributed by atoms with E-state index in [9.17, 15) is 0 Å². The van der Waals surface area contributed by atoms with E-state index in [2.05, 4.69) is 172 Å². The van der Waals surface area contributed by atoms with Crippen LogP contribution in [0.25, 0.3) is 111 Å². The topological polar surface area (TPSA) is 51.8 Å². The maximum atomic E-state index is 6.39. The van der Waals surface area contributed by atoms with Crippen molar-refractivity contribution in [3.8, 4) is 56.4 Å². The zero-order chi connectivity index (χ0) is 38.5. The van der Waals surface area contributed by atoms with E-state index in [1.807, 2.05) is 18.2 Å². The van der Waals surface area contributed by atoms with Gasteiger partial charge in [0.15, 0.2) is 17.5 Å². The van der Waals surface area contributed by atoms with Crippen LogP contribution in [-0.4, -0.2) is 15.0 Å². The number of fused-ring (bicyclic) bond motifs is 13. The molecule has 272 valence electrons. The van der Waals surface area contributed by atoms with Gasteiger partial charge in [0.2, 0.25) is 0 Å². The SMILES string of the molecule is CC1(C)c2ccccc2-c2cc(-c3nc(-c4ccc(-c5ccccc5)cc4)nc(-c4ccc5c(c4)c4ccccc4c4ccc6oc7ccccc7c6c45)n3)ccc21. The van der Waals surface area contributed by atoms with Crippen LogP contribution in [0.15, 0.2) is 180 Å². The minimum atomic E-state index is -0.0905. The fourth-order valence-electron chi connectivity index (χ4n) is 9.46. The monoisotopic (exact) mass is 741 g/mol. The summed E-state index contributed by atoms with van der Waals surface area (Å²) in [7, 11) is 0. The predicted octanol–water partition coefficient (Wildman–Crippen LogP) is 14.2. The van der Waals surface area contributed by atoms with Crippen molar-refractivity contribution in [2.45, 2.75) is 19.3 Å². The van der Waals surface area contributed by atoms with Gasteiger partial charge in [-0.25, -0.2) is 15.0 Å². The molecule has 0 fully saturated rings. The average molecular weight is 742 g/mol. The van der Waals surface area contributed by atoms with Gasteiger partial charge >= 0.3 is 0 Å². The largest absolute Gasteiger partial charge is 0.456 e. The lowest BCUT2D eigenvalue weighted by Gasteiger charge is -2.21. The van der Waals surface area contributed by atoms with Crippen LogP contribution in [0, 0.1) is 0 Å². The molecule has 0 unspecified atom stereocenters. The standard InChI is InChI=1S/C54H35N3O/c1-54(2)45-18-10-8-16-39(45)44-31-36(25-28-46(44)54)53-56-51(34-22-20-33(21-23-34)32-12-4-3-5-13-32)55-52(57-53)35-24-26-41-43(30-35)38-15-7-6-14-37(38)40-27-29-48-50(49(40)41)42-17-9-11-19-47(42)58-48/h3-31H,1-2H3. The summed E-state index contributed by atoms with van der Waals surface area (Å²) >= 11 is 0. The van der Waals surface area contributed by atoms with Gasteiger partial charge in [0.05, 0.1) is 0 Å². The van der Waals surface area contributed by atoms with E-state index >= 15 is 0 Å². The maximum absolute atomic E-state index is 6.39. The lowest BCUT2D eigenvalue weighted by Crippen LogP contribution is -2.14. The number of benzene rings is 9. The molecule has 0 radical (unpaired) electrons. The van der Waals surface area contributed by atoms with Crippen molar-refractivity contribution < 1.29 is 4.42 Å². The van der Waals surface area contributed by atoms with Gasteiger partial charge in [-0.1, -0.05) is 159 Å². The molecule has 0 spiro atoms. The highest BCUT2D eigenvalue weighted by atomic mass is 16.3. The van der Waals surface area contributed by atoms with E-state index in [4.69, 9.17) is 19.4 Å². The second-order valence-corrected chi connectivity index (χ2v) is 15.9. The Hall–Kier alpha value is -7.43. The fraction of sp³-hybridized carbons (Fsp3) is 0.0556. The number of furan rings is 1. The van der Waals surface area contributed by atoms with Gasteiger partial charge in [-0.3, -0.25) is 0 Å². The van der Waals surface area contributed by atoms with Crippen LogP contribution in [0.1, 0.15) is 25.0 Å². The zero-order valence-electron chi connectivity index (χ0n) is 32.0. The lowest BCUT2D eigenvalue weighted by molar-refractivity contribution is 0.660. The molecule has 0 N–H and O–H groups in total. The van der Waals surface area contributed by atoms with Crippen molar-refractivity contribution in [1.82, 2.24) is 15.0 Å². The van der Waals surface area contributed by atoms with Gasteiger partial charge in [-0.05, 0) is 90.6 Å². The van der Waals surface area contributed by atoms with Gasteiger partial charge in [0.25, 0.3) is 0 Å². The van der Waals surface area contributed by atoms with Crippen molar-refractivity contribution in [2.24, 2.45) is 0 Å². The first kappa shape index (κ1) is 32.8. The molecule has 2 heterocycles. The molecule has 12 rings (SSSR count). The summed E-state index contributed by atoms with van der Waals surface area (Å²) in [5.74, 6) is 1.91. The van der Waals surface area contributed by atoms with E-state index in [-0.39, 0.29) is 5.41 Å². The van der Waals surface area contributed by atoms with Crippen LogP contribution in [0.2, 0.25) is 0 Å². The highest BCUT2D eigenvalue weighted by Crippen LogP contribution is 2.49. The Morgan fingerprint density at radius 2 is 0.879 bits per heavy atom. The maximum Gasteiger partial charge on any atom is 0.164 e. The van der Waals surface area contributed by atoms with E-state index in [0.717, 1.165) is 49.6 Å². The second kappa shape index (κ2) is 12.3. The van der Waals surface area contributed by atoms with Gasteiger partial charge < -0.3 is 4.42 Å². The minimum Gasteiger partial charge on any atom is -0.456 e. The molecule has 4 nitrogen and oxygen atoms in total. The Labute approximate surface area is 335 Å². The minimum absolute atomic E-state index is 0.0905. The number of para-hydroxylation sites is 1. The molecule has 0 atom stereocenters. The van der Waals surface area contributed by atoms with Gasteiger partial charge in [0.1, 0.15) is 11.2 Å². The van der Waals surface area contributed by atoms with E-state index in [1.165, 1.54) is 54.7 Å². The number of aromatic nitrogens is 3. The molecular weight excluding hydrogens is 707 g/mol. The van der Waals surface area contributed by atoms with Crippen molar-refractivity contribution in [2.75, 3.05) is 0 Å². The van der Waals surface area contributed by atoms with E-state index in [0.29, 0.717) is 17.5 Å². The Balaban J connectivity index is 1.09. The first-order valence-corrected chi connectivity index (χ1v) is 19.9. The smallest absolute Gasteiger partial charge is 0.164 e. The molecule has 0 saturated carbocycles. The van der Waals surface area contributed by atoms with Crippen LogP contribution in [0.3, 0.4) is 0 Å². The summed E-state index contributed by atoms with van der Waals surface area (Å²) in [6, 6.07) is 62.5. The Morgan fingerprint density at radius 1 is 0.345 bits per heavy atom. The quantitative estimate of drug-likeness (QED) is 0.169. The molecule has 1 aliphatic carbocycles. The molecule has 0 aliphatic heterocycles. The molecule has 0 saturated heterocycles. The average Bonchev–Trinajstić information content (AvgIpc) is 3.78. The number of hydrogen-bond donors (Lipinski definition) is 0. The number of hydrogen-bond acceptors (Lipinski definition) is 4. The molecular formula is C54H35N3O. The molecule has 9 aromatic carbocycles. The molecule has 2 aromatic heterocycles. The Kier molecular flexibility index (Phi) is 6.94. The molecule has 58 heavy (non-hydrogen) atoms. The molecule has 0 bridgehead atoms. The van der Waals surface area contributed by atoms with E-state index < -0.39 is 0 Å². The number of rotatable bonds is 4. The molecule has 0 amide bonds. The van der Waals surface area contributed by atoms with Crippen molar-refractivity contribution in [3.05, 3.63) is 187 Å². The van der Waals surface area contributed by atoms with Gasteiger partial charge in [0, 0.05) is 38.3 Å². The summed E-state index contributed by atoms with van der Waals surface area (Å²) < 4.78 is 6.39. The van der Waals surface area contributed by atoms with Crippen molar-refractivity contribution in [1.29, 1.82) is 0 Å². The third-order valence-corrected chi connectivity index (χ3v) is 12.3. The van der Waals surface area contributed by atoms with Crippen LogP contribution < -0.4 is 0 Å². The molecule has 4 heteroatoms. The predicted molar refractivity (Wildman–Crippen MR) is 239 cm³/mol. The van der Waals surface area contributed by atoms with Gasteiger partial charge in [-0.2, -0.15) is 0 Å². The first-order valence-electron chi connectivity index (χ1n) is 19.9. The summed E-state index contributed by atoms with van der Waals surface area (Å²) in [5, 5.41) is 9.36. The Bertz CT molecular complexity index is 3470. The summed E-state index contributed by atoms with van der Waals surface area (Å²) in [6.45, 7) is 4.62. The summed E-state index contributed by atoms with van der Waals surface area (Å²) in [5.41, 5.74) is 12.0. The third kappa shape index (κ3) is 4.85. The van der Waals surface area contributed by atoms with Crippen LogP contribution >= 0.6 is 0 Å². The highest BCUT2D eigenvalue weighted by molar-refractivity contribution is 6.34. The van der Waals surface area contributed by atoms with Crippen LogP contribution in [-0.2, 0) is 5.41 Å². The Morgan fingerprint density at radius 3 is 1.67 bits per heavy atom. The zero-order valence-corrected chi connectivity index (χ0v) is 32.0. The molecule has 11 aromatic rings. The molecule has 1 aliphatic rings. The number of nitrogens with zero attached hydrogens (tertiary/aromatic N) is 3. The van der Waals surface area contributed by atoms with Crippen LogP contribution in [0.4, 0.5) is 0 Å². The van der Waals surface area contributed by atoms with Crippen molar-refractivity contribution >= 4 is 54.3 Å².